The molecule has 0 aliphatic rings. The van der Waals surface area contributed by atoms with E-state index in [4.69, 9.17) is 4.74 Å². The lowest BCUT2D eigenvalue weighted by Gasteiger charge is -2.15. The second-order valence-electron chi connectivity index (χ2n) is 4.40. The molecule has 21 heavy (non-hydrogen) atoms. The van der Waals surface area contributed by atoms with Gasteiger partial charge in [0, 0.05) is 19.7 Å². The molecular formula is C14H20FN3O3. The van der Waals surface area contributed by atoms with Crippen LogP contribution in [0.25, 0.3) is 0 Å². The number of carbonyl (C=O) groups is 2. The van der Waals surface area contributed by atoms with Gasteiger partial charge in [0.1, 0.15) is 11.6 Å². The molecule has 0 spiro atoms. The lowest BCUT2D eigenvalue weighted by Crippen LogP contribution is -2.43. The fraction of sp³-hybridized carbons (Fsp3) is 0.429. The summed E-state index contributed by atoms with van der Waals surface area (Å²) in [7, 11) is 1.40. The van der Waals surface area contributed by atoms with Crippen molar-refractivity contribution in [1.82, 2.24) is 16.0 Å². The standard InChI is InChI=1S/C14H20FN3O3/c1-4-17-8-10-5-11(15)7-12(6-10)21-9(2)13(19)18-14(20)16-3/h5-7,9,17H,4,8H2,1-3H3,(H2,16,18,19,20). The van der Waals surface area contributed by atoms with E-state index in [2.05, 4.69) is 16.0 Å². The Balaban J connectivity index is 2.70. The van der Waals surface area contributed by atoms with Gasteiger partial charge in [-0.1, -0.05) is 6.92 Å². The predicted octanol–water partition coefficient (Wildman–Crippen LogP) is 1.16. The highest BCUT2D eigenvalue weighted by atomic mass is 19.1. The smallest absolute Gasteiger partial charge is 0.321 e. The van der Waals surface area contributed by atoms with Gasteiger partial charge in [-0.05, 0) is 31.2 Å². The van der Waals surface area contributed by atoms with Gasteiger partial charge in [0.2, 0.25) is 0 Å². The molecule has 3 amide bonds. The fourth-order valence-electron chi connectivity index (χ4n) is 1.59. The predicted molar refractivity (Wildman–Crippen MR) is 76.5 cm³/mol. The summed E-state index contributed by atoms with van der Waals surface area (Å²) in [5, 5.41) is 7.43. The molecule has 0 saturated heterocycles. The molecule has 7 heteroatoms. The van der Waals surface area contributed by atoms with E-state index in [-0.39, 0.29) is 5.75 Å². The van der Waals surface area contributed by atoms with Crippen molar-refractivity contribution in [3.63, 3.8) is 0 Å². The summed E-state index contributed by atoms with van der Waals surface area (Å²) in [5.74, 6) is -0.811. The van der Waals surface area contributed by atoms with Gasteiger partial charge >= 0.3 is 6.03 Å². The number of amides is 3. The first kappa shape index (κ1) is 16.9. The number of ether oxygens (including phenoxy) is 1. The molecule has 0 aliphatic carbocycles. The Morgan fingerprint density at radius 1 is 1.33 bits per heavy atom. The Hall–Kier alpha value is -2.15. The van der Waals surface area contributed by atoms with Gasteiger partial charge < -0.3 is 15.4 Å². The second kappa shape index (κ2) is 8.21. The van der Waals surface area contributed by atoms with Crippen molar-refractivity contribution in [2.24, 2.45) is 0 Å². The minimum Gasteiger partial charge on any atom is -0.481 e. The third-order valence-electron chi connectivity index (χ3n) is 2.66. The number of hydrogen-bond acceptors (Lipinski definition) is 4. The summed E-state index contributed by atoms with van der Waals surface area (Å²) >= 11 is 0. The first-order chi connectivity index (χ1) is 9.96. The molecule has 0 radical (unpaired) electrons. The summed E-state index contributed by atoms with van der Waals surface area (Å²) in [5.41, 5.74) is 0.714. The van der Waals surface area contributed by atoms with E-state index in [0.29, 0.717) is 12.1 Å². The maximum atomic E-state index is 13.5. The van der Waals surface area contributed by atoms with Crippen molar-refractivity contribution >= 4 is 11.9 Å². The Labute approximate surface area is 123 Å². The van der Waals surface area contributed by atoms with Crippen LogP contribution in [0, 0.1) is 5.82 Å². The van der Waals surface area contributed by atoms with Crippen molar-refractivity contribution in [3.05, 3.63) is 29.6 Å². The van der Waals surface area contributed by atoms with Gasteiger partial charge in [0.25, 0.3) is 5.91 Å². The van der Waals surface area contributed by atoms with Gasteiger partial charge in [-0.25, -0.2) is 9.18 Å². The maximum Gasteiger partial charge on any atom is 0.321 e. The Kier molecular flexibility index (Phi) is 6.61. The first-order valence-corrected chi connectivity index (χ1v) is 6.65. The lowest BCUT2D eigenvalue weighted by atomic mass is 10.2. The minimum atomic E-state index is -0.920. The number of benzene rings is 1. The molecule has 0 aliphatic heterocycles. The first-order valence-electron chi connectivity index (χ1n) is 6.65. The highest BCUT2D eigenvalue weighted by molar-refractivity contribution is 5.96. The van der Waals surface area contributed by atoms with E-state index in [9.17, 15) is 14.0 Å². The van der Waals surface area contributed by atoms with Crippen molar-refractivity contribution in [2.75, 3.05) is 13.6 Å². The van der Waals surface area contributed by atoms with Crippen LogP contribution < -0.4 is 20.7 Å². The van der Waals surface area contributed by atoms with Crippen LogP contribution in [-0.2, 0) is 11.3 Å². The summed E-state index contributed by atoms with van der Waals surface area (Å²) < 4.78 is 18.9. The van der Waals surface area contributed by atoms with Crippen LogP contribution in [0.2, 0.25) is 0 Å². The molecule has 3 N–H and O–H groups in total. The van der Waals surface area contributed by atoms with Gasteiger partial charge in [0.05, 0.1) is 0 Å². The molecule has 6 nitrogen and oxygen atoms in total. The van der Waals surface area contributed by atoms with Crippen LogP contribution >= 0.6 is 0 Å². The highest BCUT2D eigenvalue weighted by Crippen LogP contribution is 2.18. The zero-order valence-corrected chi connectivity index (χ0v) is 12.3. The van der Waals surface area contributed by atoms with Crippen LogP contribution in [0.4, 0.5) is 9.18 Å². The quantitative estimate of drug-likeness (QED) is 0.736. The Morgan fingerprint density at radius 3 is 2.67 bits per heavy atom. The minimum absolute atomic E-state index is 0.238. The van der Waals surface area contributed by atoms with Crippen molar-refractivity contribution in [2.45, 2.75) is 26.5 Å². The molecule has 1 aromatic carbocycles. The van der Waals surface area contributed by atoms with Crippen LogP contribution in [0.15, 0.2) is 18.2 Å². The van der Waals surface area contributed by atoms with Crippen molar-refractivity contribution in [3.8, 4) is 5.75 Å². The fourth-order valence-corrected chi connectivity index (χ4v) is 1.59. The number of halogens is 1. The van der Waals surface area contributed by atoms with E-state index in [1.54, 1.807) is 6.07 Å². The number of hydrogen-bond donors (Lipinski definition) is 3. The molecule has 0 aromatic heterocycles. The molecule has 0 heterocycles. The van der Waals surface area contributed by atoms with E-state index in [1.165, 1.54) is 26.1 Å². The largest absolute Gasteiger partial charge is 0.481 e. The van der Waals surface area contributed by atoms with Crippen LogP contribution in [0.5, 0.6) is 5.75 Å². The van der Waals surface area contributed by atoms with Crippen LogP contribution in [-0.4, -0.2) is 31.6 Å². The third kappa shape index (κ3) is 5.78. The summed E-state index contributed by atoms with van der Waals surface area (Å²) in [4.78, 5) is 22.7. The summed E-state index contributed by atoms with van der Waals surface area (Å²) in [6.45, 7) is 4.69. The van der Waals surface area contributed by atoms with Gasteiger partial charge in [-0.2, -0.15) is 0 Å². The zero-order chi connectivity index (χ0) is 15.8. The summed E-state index contributed by atoms with van der Waals surface area (Å²) in [6, 6.07) is 3.61. The molecule has 0 saturated carbocycles. The maximum absolute atomic E-state index is 13.5. The van der Waals surface area contributed by atoms with Crippen LogP contribution in [0.3, 0.4) is 0 Å². The van der Waals surface area contributed by atoms with Gasteiger partial charge in [0.15, 0.2) is 6.10 Å². The monoisotopic (exact) mass is 297 g/mol. The zero-order valence-electron chi connectivity index (χ0n) is 12.3. The van der Waals surface area contributed by atoms with Crippen molar-refractivity contribution in [1.29, 1.82) is 0 Å². The number of rotatable bonds is 6. The van der Waals surface area contributed by atoms with E-state index < -0.39 is 23.9 Å². The van der Waals surface area contributed by atoms with Crippen molar-refractivity contribution < 1.29 is 18.7 Å². The number of imide groups is 1. The average Bonchev–Trinajstić information content (AvgIpc) is 2.44. The molecule has 116 valence electrons. The normalized spacial score (nSPS) is 11.6. The molecule has 1 unspecified atom stereocenters. The van der Waals surface area contributed by atoms with Gasteiger partial charge in [-0.15, -0.1) is 0 Å². The average molecular weight is 297 g/mol. The molecule has 1 aromatic rings. The molecule has 0 bridgehead atoms. The van der Waals surface area contributed by atoms with Crippen LogP contribution in [0.1, 0.15) is 19.4 Å². The molecule has 1 atom stereocenters. The third-order valence-corrected chi connectivity index (χ3v) is 2.66. The molecular weight excluding hydrogens is 277 g/mol. The van der Waals surface area contributed by atoms with Gasteiger partial charge in [-0.3, -0.25) is 10.1 Å². The number of urea groups is 1. The highest BCUT2D eigenvalue weighted by Gasteiger charge is 2.17. The number of nitrogens with one attached hydrogen (secondary N) is 3. The number of carbonyl (C=O) groups excluding carboxylic acids is 2. The SMILES string of the molecule is CCNCc1cc(F)cc(OC(C)C(=O)NC(=O)NC)c1. The van der Waals surface area contributed by atoms with E-state index in [0.717, 1.165) is 6.54 Å². The summed E-state index contributed by atoms with van der Waals surface area (Å²) in [6.07, 6.45) is -0.920. The Morgan fingerprint density at radius 2 is 2.05 bits per heavy atom. The second-order valence-corrected chi connectivity index (χ2v) is 4.40. The lowest BCUT2D eigenvalue weighted by molar-refractivity contribution is -0.126. The topological polar surface area (TPSA) is 79.5 Å². The molecule has 0 fully saturated rings. The molecule has 1 rings (SSSR count). The van der Waals surface area contributed by atoms with E-state index in [1.807, 2.05) is 6.92 Å². The Bertz CT molecular complexity index is 508. The van der Waals surface area contributed by atoms with E-state index >= 15 is 0 Å².